The molecule has 0 atom stereocenters. The number of allylic oxidation sites excluding steroid dienone is 2. The highest BCUT2D eigenvalue weighted by Crippen LogP contribution is 2.38. The third-order valence-corrected chi connectivity index (χ3v) is 2.17. The summed E-state index contributed by atoms with van der Waals surface area (Å²) in [5.74, 6) is -0.204. The van der Waals surface area contributed by atoms with E-state index in [0.29, 0.717) is 0 Å². The summed E-state index contributed by atoms with van der Waals surface area (Å²) in [5, 5.41) is 0. The van der Waals surface area contributed by atoms with Gasteiger partial charge in [0.25, 0.3) is 0 Å². The van der Waals surface area contributed by atoms with Crippen molar-refractivity contribution in [3.63, 3.8) is 0 Å². The second-order valence-corrected chi connectivity index (χ2v) is 3.07. The van der Waals surface area contributed by atoms with Crippen molar-refractivity contribution in [3.8, 4) is 0 Å². The van der Waals surface area contributed by atoms with Crippen LogP contribution in [0.25, 0.3) is 11.1 Å². The minimum atomic E-state index is -0.204. The zero-order valence-electron chi connectivity index (χ0n) is 6.73. The van der Waals surface area contributed by atoms with Gasteiger partial charge in [0.1, 0.15) is 5.82 Å². The SMILES string of the molecule is C=C1CC(=C)c2cc(F)ccc21. The van der Waals surface area contributed by atoms with Crippen LogP contribution in [-0.2, 0) is 0 Å². The summed E-state index contributed by atoms with van der Waals surface area (Å²) >= 11 is 0. The largest absolute Gasteiger partial charge is 0.207 e. The van der Waals surface area contributed by atoms with E-state index in [4.69, 9.17) is 0 Å². The van der Waals surface area contributed by atoms with Crippen molar-refractivity contribution in [2.45, 2.75) is 6.42 Å². The number of hydrogen-bond acceptors (Lipinski definition) is 0. The fourth-order valence-electron chi connectivity index (χ4n) is 1.57. The van der Waals surface area contributed by atoms with Gasteiger partial charge >= 0.3 is 0 Å². The van der Waals surface area contributed by atoms with Crippen LogP contribution < -0.4 is 0 Å². The Morgan fingerprint density at radius 3 is 2.50 bits per heavy atom. The summed E-state index contributed by atoms with van der Waals surface area (Å²) in [4.78, 5) is 0. The van der Waals surface area contributed by atoms with Crippen molar-refractivity contribution in [1.29, 1.82) is 0 Å². The van der Waals surface area contributed by atoms with Gasteiger partial charge in [-0.05, 0) is 40.8 Å². The van der Waals surface area contributed by atoms with Crippen molar-refractivity contribution in [2.24, 2.45) is 0 Å². The number of rotatable bonds is 0. The van der Waals surface area contributed by atoms with Gasteiger partial charge in [-0.1, -0.05) is 19.2 Å². The van der Waals surface area contributed by atoms with Gasteiger partial charge in [0, 0.05) is 0 Å². The molecule has 0 N–H and O–H groups in total. The van der Waals surface area contributed by atoms with E-state index in [9.17, 15) is 4.39 Å². The molecule has 1 aliphatic carbocycles. The van der Waals surface area contributed by atoms with Gasteiger partial charge in [0.05, 0.1) is 0 Å². The first kappa shape index (κ1) is 7.29. The minimum absolute atomic E-state index is 0.204. The van der Waals surface area contributed by atoms with Crippen LogP contribution in [0.1, 0.15) is 17.5 Å². The average Bonchev–Trinajstić information content (AvgIpc) is 2.28. The first-order valence-corrected chi connectivity index (χ1v) is 3.84. The fraction of sp³-hybridized carbons (Fsp3) is 0.0909. The molecule has 0 radical (unpaired) electrons. The molecular weight excluding hydrogens is 151 g/mol. The molecule has 0 nitrogen and oxygen atoms in total. The van der Waals surface area contributed by atoms with Crippen LogP contribution >= 0.6 is 0 Å². The second kappa shape index (κ2) is 2.31. The molecule has 0 amide bonds. The molecule has 12 heavy (non-hydrogen) atoms. The summed E-state index contributed by atoms with van der Waals surface area (Å²) in [6, 6.07) is 4.75. The average molecular weight is 160 g/mol. The lowest BCUT2D eigenvalue weighted by Crippen LogP contribution is -1.81. The van der Waals surface area contributed by atoms with Gasteiger partial charge in [0.2, 0.25) is 0 Å². The van der Waals surface area contributed by atoms with E-state index in [1.165, 1.54) is 12.1 Å². The zero-order valence-corrected chi connectivity index (χ0v) is 6.73. The van der Waals surface area contributed by atoms with Gasteiger partial charge in [-0.15, -0.1) is 0 Å². The number of halogens is 1. The van der Waals surface area contributed by atoms with Crippen LogP contribution in [0.3, 0.4) is 0 Å². The molecule has 0 aromatic heterocycles. The summed E-state index contributed by atoms with van der Waals surface area (Å²) in [7, 11) is 0. The molecule has 0 aliphatic heterocycles. The van der Waals surface area contributed by atoms with Gasteiger partial charge in [-0.25, -0.2) is 4.39 Å². The normalized spacial score (nSPS) is 15.1. The van der Waals surface area contributed by atoms with Crippen molar-refractivity contribution in [1.82, 2.24) is 0 Å². The summed E-state index contributed by atoms with van der Waals surface area (Å²) in [6.07, 6.45) is 0.777. The van der Waals surface area contributed by atoms with Crippen LogP contribution in [-0.4, -0.2) is 0 Å². The fourth-order valence-corrected chi connectivity index (χ4v) is 1.57. The van der Waals surface area contributed by atoms with E-state index >= 15 is 0 Å². The maximum atomic E-state index is 12.8. The molecule has 0 saturated carbocycles. The van der Waals surface area contributed by atoms with Crippen molar-refractivity contribution in [2.75, 3.05) is 0 Å². The first-order valence-electron chi connectivity index (χ1n) is 3.84. The summed E-state index contributed by atoms with van der Waals surface area (Å²) in [5.41, 5.74) is 3.96. The zero-order chi connectivity index (χ0) is 8.72. The molecule has 1 heteroatoms. The van der Waals surface area contributed by atoms with Gasteiger partial charge in [0.15, 0.2) is 0 Å². The molecule has 1 aromatic carbocycles. The highest BCUT2D eigenvalue weighted by atomic mass is 19.1. The van der Waals surface area contributed by atoms with E-state index in [1.807, 2.05) is 0 Å². The van der Waals surface area contributed by atoms with Gasteiger partial charge in [-0.2, -0.15) is 0 Å². The molecule has 0 fully saturated rings. The van der Waals surface area contributed by atoms with E-state index < -0.39 is 0 Å². The quantitative estimate of drug-likeness (QED) is 0.546. The maximum absolute atomic E-state index is 12.8. The molecular formula is C11H9F. The Morgan fingerprint density at radius 2 is 1.75 bits per heavy atom. The Kier molecular flexibility index (Phi) is 1.40. The molecule has 0 spiro atoms. The molecule has 0 bridgehead atoms. The second-order valence-electron chi connectivity index (χ2n) is 3.07. The van der Waals surface area contributed by atoms with Crippen LogP contribution in [0.5, 0.6) is 0 Å². The smallest absolute Gasteiger partial charge is 0.123 e. The van der Waals surface area contributed by atoms with E-state index in [1.54, 1.807) is 6.07 Å². The molecule has 1 aromatic rings. The number of hydrogen-bond donors (Lipinski definition) is 0. The van der Waals surface area contributed by atoms with Gasteiger partial charge < -0.3 is 0 Å². The lowest BCUT2D eigenvalue weighted by Gasteiger charge is -1.98. The topological polar surface area (TPSA) is 0 Å². The molecule has 0 saturated heterocycles. The molecule has 2 rings (SSSR count). The van der Waals surface area contributed by atoms with Crippen LogP contribution in [0.2, 0.25) is 0 Å². The van der Waals surface area contributed by atoms with E-state index in [0.717, 1.165) is 28.7 Å². The molecule has 0 unspecified atom stereocenters. The van der Waals surface area contributed by atoms with E-state index in [-0.39, 0.29) is 5.82 Å². The predicted molar refractivity (Wildman–Crippen MR) is 49.1 cm³/mol. The predicted octanol–water partition coefficient (Wildman–Crippen LogP) is 3.26. The Hall–Kier alpha value is -1.37. The Morgan fingerprint density at radius 1 is 1.08 bits per heavy atom. The number of fused-ring (bicyclic) bond motifs is 1. The highest BCUT2D eigenvalue weighted by Gasteiger charge is 2.17. The van der Waals surface area contributed by atoms with Crippen LogP contribution in [0.15, 0.2) is 31.4 Å². The lowest BCUT2D eigenvalue weighted by molar-refractivity contribution is 0.627. The highest BCUT2D eigenvalue weighted by molar-refractivity contribution is 5.90. The van der Waals surface area contributed by atoms with Gasteiger partial charge in [-0.3, -0.25) is 0 Å². The third kappa shape index (κ3) is 0.900. The summed E-state index contributed by atoms with van der Waals surface area (Å²) < 4.78 is 12.8. The number of benzene rings is 1. The van der Waals surface area contributed by atoms with Crippen LogP contribution in [0.4, 0.5) is 4.39 Å². The maximum Gasteiger partial charge on any atom is 0.123 e. The standard InChI is InChI=1S/C11H9F/c1-7-5-8(2)11-6-9(12)3-4-10(7)11/h3-4,6H,1-2,5H2. The Labute approximate surface area is 71.0 Å². The Balaban J connectivity index is 2.68. The lowest BCUT2D eigenvalue weighted by atomic mass is 10.1. The molecule has 0 heterocycles. The van der Waals surface area contributed by atoms with Crippen LogP contribution in [0, 0.1) is 5.82 Å². The Bertz CT molecular complexity index is 375. The van der Waals surface area contributed by atoms with Crippen molar-refractivity contribution >= 4 is 11.1 Å². The minimum Gasteiger partial charge on any atom is -0.207 e. The molecule has 60 valence electrons. The first-order chi connectivity index (χ1) is 5.68. The summed E-state index contributed by atoms with van der Waals surface area (Å²) in [6.45, 7) is 7.75. The monoisotopic (exact) mass is 160 g/mol. The van der Waals surface area contributed by atoms with E-state index in [2.05, 4.69) is 13.2 Å². The molecule has 1 aliphatic rings. The van der Waals surface area contributed by atoms with Crippen molar-refractivity contribution in [3.05, 3.63) is 48.3 Å². The third-order valence-electron chi connectivity index (χ3n) is 2.17. The van der Waals surface area contributed by atoms with Crippen molar-refractivity contribution < 1.29 is 4.39 Å².